The number of β-amino-alcohol motifs (C(OH)–C–C–N with tert-alkyl or cyclic N) is 1. The molecule has 88 valence electrons. The Labute approximate surface area is 90.0 Å². The molecule has 1 aliphatic rings. The van der Waals surface area contributed by atoms with Crippen molar-refractivity contribution in [3.05, 3.63) is 0 Å². The summed E-state index contributed by atoms with van der Waals surface area (Å²) in [6.45, 7) is 3.62. The Kier molecular flexibility index (Phi) is 4.35. The van der Waals surface area contributed by atoms with E-state index < -0.39 is 5.60 Å². The number of hydrogen-bond donors (Lipinski definition) is 1. The van der Waals surface area contributed by atoms with Gasteiger partial charge in [-0.1, -0.05) is 0 Å². The third kappa shape index (κ3) is 4.05. The molecule has 1 fully saturated rings. The first-order valence-electron chi connectivity index (χ1n) is 5.18. The predicted molar refractivity (Wildman–Crippen MR) is 54.7 cm³/mol. The van der Waals surface area contributed by atoms with Gasteiger partial charge >= 0.3 is 6.09 Å². The van der Waals surface area contributed by atoms with E-state index in [0.717, 1.165) is 6.42 Å². The Morgan fingerprint density at radius 3 is 3.00 bits per heavy atom. The molecule has 1 amide bonds. The van der Waals surface area contributed by atoms with E-state index in [1.165, 1.54) is 0 Å². The molecule has 0 radical (unpaired) electrons. The summed E-state index contributed by atoms with van der Waals surface area (Å²) in [4.78, 5) is 12.8. The predicted octanol–water partition coefficient (Wildman–Crippen LogP) is 0.616. The van der Waals surface area contributed by atoms with Gasteiger partial charge in [-0.05, 0) is 13.3 Å². The lowest BCUT2D eigenvalue weighted by Crippen LogP contribution is -2.47. The molecule has 1 atom stereocenters. The van der Waals surface area contributed by atoms with E-state index in [2.05, 4.69) is 0 Å². The fourth-order valence-corrected chi connectivity index (χ4v) is 1.55. The van der Waals surface area contributed by atoms with Crippen LogP contribution in [0.25, 0.3) is 0 Å². The molecule has 0 saturated carbocycles. The molecule has 1 saturated heterocycles. The van der Waals surface area contributed by atoms with Crippen molar-refractivity contribution in [1.82, 2.24) is 4.90 Å². The number of rotatable bonds is 5. The second-order valence-corrected chi connectivity index (χ2v) is 4.13. The molecule has 1 unspecified atom stereocenters. The SMILES string of the molecule is COCCC(C)(O)CN1CCCOC1=O. The topological polar surface area (TPSA) is 59.0 Å². The van der Waals surface area contributed by atoms with Crippen LogP contribution in [0.4, 0.5) is 4.79 Å². The number of nitrogens with zero attached hydrogens (tertiary/aromatic N) is 1. The maximum atomic E-state index is 11.3. The maximum absolute atomic E-state index is 11.3. The monoisotopic (exact) mass is 217 g/mol. The summed E-state index contributed by atoms with van der Waals surface area (Å²) < 4.78 is 9.78. The lowest BCUT2D eigenvalue weighted by molar-refractivity contribution is -0.0163. The van der Waals surface area contributed by atoms with Crippen molar-refractivity contribution < 1.29 is 19.4 Å². The highest BCUT2D eigenvalue weighted by molar-refractivity contribution is 5.68. The van der Waals surface area contributed by atoms with Gasteiger partial charge in [0, 0.05) is 26.7 Å². The number of hydrogen-bond acceptors (Lipinski definition) is 4. The van der Waals surface area contributed by atoms with E-state index >= 15 is 0 Å². The van der Waals surface area contributed by atoms with Crippen molar-refractivity contribution in [2.45, 2.75) is 25.4 Å². The molecule has 0 aliphatic carbocycles. The van der Waals surface area contributed by atoms with Crippen LogP contribution in [0.15, 0.2) is 0 Å². The van der Waals surface area contributed by atoms with E-state index in [9.17, 15) is 9.90 Å². The van der Waals surface area contributed by atoms with E-state index in [0.29, 0.717) is 32.7 Å². The summed E-state index contributed by atoms with van der Waals surface area (Å²) in [5, 5.41) is 9.99. The van der Waals surface area contributed by atoms with Gasteiger partial charge in [-0.2, -0.15) is 0 Å². The molecular weight excluding hydrogens is 198 g/mol. The van der Waals surface area contributed by atoms with Crippen LogP contribution in [-0.4, -0.2) is 55.1 Å². The standard InChI is InChI=1S/C10H19NO4/c1-10(13,4-7-14-2)8-11-5-3-6-15-9(11)12/h13H,3-8H2,1-2H3. The summed E-state index contributed by atoms with van der Waals surface area (Å²) in [6, 6.07) is 0. The highest BCUT2D eigenvalue weighted by Crippen LogP contribution is 2.14. The normalized spacial score (nSPS) is 21.0. The zero-order chi connectivity index (χ0) is 11.3. The van der Waals surface area contributed by atoms with Crippen LogP contribution in [0, 0.1) is 0 Å². The molecule has 1 heterocycles. The molecule has 1 aliphatic heterocycles. The number of cyclic esters (lactones) is 1. The molecule has 0 aromatic carbocycles. The number of carbonyl (C=O) groups excluding carboxylic acids is 1. The van der Waals surface area contributed by atoms with Crippen LogP contribution < -0.4 is 0 Å². The molecule has 1 N–H and O–H groups in total. The van der Waals surface area contributed by atoms with Crippen molar-refractivity contribution >= 4 is 6.09 Å². The molecule has 0 aromatic heterocycles. The third-order valence-corrected chi connectivity index (χ3v) is 2.43. The van der Waals surface area contributed by atoms with Crippen molar-refractivity contribution in [1.29, 1.82) is 0 Å². The van der Waals surface area contributed by atoms with E-state index in [1.807, 2.05) is 0 Å². The van der Waals surface area contributed by atoms with Gasteiger partial charge in [0.15, 0.2) is 0 Å². The van der Waals surface area contributed by atoms with Crippen LogP contribution in [0.3, 0.4) is 0 Å². The van der Waals surface area contributed by atoms with Gasteiger partial charge in [-0.3, -0.25) is 0 Å². The zero-order valence-corrected chi connectivity index (χ0v) is 9.36. The molecule has 1 rings (SSSR count). The second kappa shape index (κ2) is 5.32. The molecule has 15 heavy (non-hydrogen) atoms. The third-order valence-electron chi connectivity index (χ3n) is 2.43. The Balaban J connectivity index is 2.40. The van der Waals surface area contributed by atoms with Crippen LogP contribution in [0.1, 0.15) is 19.8 Å². The minimum atomic E-state index is -0.910. The summed E-state index contributed by atoms with van der Waals surface area (Å²) >= 11 is 0. The van der Waals surface area contributed by atoms with Crippen LogP contribution in [0.2, 0.25) is 0 Å². The summed E-state index contributed by atoms with van der Waals surface area (Å²) in [5.41, 5.74) is -0.910. The maximum Gasteiger partial charge on any atom is 0.409 e. The minimum Gasteiger partial charge on any atom is -0.449 e. The molecule has 5 nitrogen and oxygen atoms in total. The largest absolute Gasteiger partial charge is 0.449 e. The quantitative estimate of drug-likeness (QED) is 0.733. The van der Waals surface area contributed by atoms with E-state index in [-0.39, 0.29) is 6.09 Å². The van der Waals surface area contributed by atoms with Crippen LogP contribution >= 0.6 is 0 Å². The summed E-state index contributed by atoms with van der Waals surface area (Å²) in [5.74, 6) is 0. The second-order valence-electron chi connectivity index (χ2n) is 4.13. The van der Waals surface area contributed by atoms with Crippen molar-refractivity contribution in [2.24, 2.45) is 0 Å². The summed E-state index contributed by atoms with van der Waals surface area (Å²) in [6.07, 6.45) is 0.998. The van der Waals surface area contributed by atoms with Gasteiger partial charge in [-0.15, -0.1) is 0 Å². The highest BCUT2D eigenvalue weighted by Gasteiger charge is 2.28. The highest BCUT2D eigenvalue weighted by atomic mass is 16.6. The molecular formula is C10H19NO4. The van der Waals surface area contributed by atoms with Gasteiger partial charge < -0.3 is 19.5 Å². The van der Waals surface area contributed by atoms with Gasteiger partial charge in [0.1, 0.15) is 0 Å². The Morgan fingerprint density at radius 1 is 1.67 bits per heavy atom. The average molecular weight is 217 g/mol. The number of aliphatic hydroxyl groups is 1. The average Bonchev–Trinajstić information content (AvgIpc) is 2.18. The first-order valence-corrected chi connectivity index (χ1v) is 5.18. The van der Waals surface area contributed by atoms with Gasteiger partial charge in [0.05, 0.1) is 18.8 Å². The Morgan fingerprint density at radius 2 is 2.40 bits per heavy atom. The van der Waals surface area contributed by atoms with Crippen LogP contribution in [-0.2, 0) is 9.47 Å². The molecule has 0 aromatic rings. The molecule has 0 bridgehead atoms. The van der Waals surface area contributed by atoms with Gasteiger partial charge in [0.25, 0.3) is 0 Å². The lowest BCUT2D eigenvalue weighted by Gasteiger charge is -2.33. The van der Waals surface area contributed by atoms with Crippen molar-refractivity contribution in [3.8, 4) is 0 Å². The van der Waals surface area contributed by atoms with E-state index in [1.54, 1.807) is 18.9 Å². The Bertz CT molecular complexity index is 217. The van der Waals surface area contributed by atoms with Gasteiger partial charge in [0.2, 0.25) is 0 Å². The van der Waals surface area contributed by atoms with Crippen molar-refractivity contribution in [2.75, 3.05) is 33.4 Å². The first-order chi connectivity index (χ1) is 7.05. The van der Waals surface area contributed by atoms with Crippen molar-refractivity contribution in [3.63, 3.8) is 0 Å². The first kappa shape index (κ1) is 12.3. The number of carbonyl (C=O) groups is 1. The Hall–Kier alpha value is -0.810. The fraction of sp³-hybridized carbons (Fsp3) is 0.900. The zero-order valence-electron chi connectivity index (χ0n) is 9.36. The van der Waals surface area contributed by atoms with E-state index in [4.69, 9.17) is 9.47 Å². The smallest absolute Gasteiger partial charge is 0.409 e. The fourth-order valence-electron chi connectivity index (χ4n) is 1.55. The summed E-state index contributed by atoms with van der Waals surface area (Å²) in [7, 11) is 1.59. The lowest BCUT2D eigenvalue weighted by atomic mass is 10.0. The molecule has 0 spiro atoms. The number of methoxy groups -OCH3 is 1. The van der Waals surface area contributed by atoms with Crippen LogP contribution in [0.5, 0.6) is 0 Å². The number of ether oxygens (including phenoxy) is 2. The van der Waals surface area contributed by atoms with Gasteiger partial charge in [-0.25, -0.2) is 4.79 Å². The molecule has 5 heteroatoms. The number of amides is 1. The minimum absolute atomic E-state index is 0.301.